The molecule has 0 aromatic rings. The molecule has 0 aromatic heterocycles. The number of hydrogen-bond donors (Lipinski definition) is 0. The Labute approximate surface area is 97.1 Å². The van der Waals surface area contributed by atoms with Crippen LogP contribution in [-0.4, -0.2) is 76.6 Å². The van der Waals surface area contributed by atoms with Crippen molar-refractivity contribution in [3.63, 3.8) is 0 Å². The van der Waals surface area contributed by atoms with Gasteiger partial charge < -0.3 is 0 Å². The Hall–Kier alpha value is 2.75. The van der Waals surface area contributed by atoms with Crippen LogP contribution in [0.1, 0.15) is 0 Å². The van der Waals surface area contributed by atoms with Crippen molar-refractivity contribution in [2.45, 2.75) is 22.8 Å². The van der Waals surface area contributed by atoms with Crippen LogP contribution in [0.3, 0.4) is 0 Å². The van der Waals surface area contributed by atoms with Gasteiger partial charge in [0.15, 0.2) is 0 Å². The predicted octanol–water partition coefficient (Wildman–Crippen LogP) is 0.925. The van der Waals surface area contributed by atoms with E-state index >= 15 is 0 Å². The zero-order valence-corrected chi connectivity index (χ0v) is 8.65. The molecule has 0 unspecified atom stereocenters. The first-order chi connectivity index (χ1) is 2.64. The molecule has 0 nitrogen and oxygen atoms in total. The second-order valence-electron chi connectivity index (χ2n) is 1.69. The van der Waals surface area contributed by atoms with Gasteiger partial charge >= 0.3 is 99.4 Å². The Morgan fingerprint density at radius 2 is 0.857 bits per heavy atom. The Kier molecular flexibility index (Phi) is 12.2. The van der Waals surface area contributed by atoms with Gasteiger partial charge in [-0.05, 0) is 0 Å². The molecule has 0 fully saturated rings. The molecule has 40 valence electrons. The van der Waals surface area contributed by atoms with E-state index in [0.29, 0.717) is 0 Å². The third-order valence-corrected chi connectivity index (χ3v) is 21.6. The molecule has 0 bridgehead atoms. The topological polar surface area (TPSA) is 0 Å². The molecule has 0 heterocycles. The van der Waals surface area contributed by atoms with Crippen LogP contribution in [0.25, 0.3) is 0 Å². The van der Waals surface area contributed by atoms with Crippen LogP contribution in [0.4, 0.5) is 0 Å². The number of hydrogen-bond acceptors (Lipinski definition) is 0. The van der Waals surface area contributed by atoms with Crippen molar-refractivity contribution in [2.24, 2.45) is 0 Å². The maximum atomic E-state index is 2.45. The van der Waals surface area contributed by atoms with Gasteiger partial charge in [-0.2, -0.15) is 0 Å². The summed E-state index contributed by atoms with van der Waals surface area (Å²) in [6.07, 6.45) is 0. The van der Waals surface area contributed by atoms with E-state index in [1.165, 1.54) is 0 Å². The standard InChI is InChI=1S/C4H12As2.K.H/c1-5(2)6(3)4;;/h1-4H3;;. The predicted molar refractivity (Wildman–Crippen MR) is 42.1 cm³/mol. The van der Waals surface area contributed by atoms with Gasteiger partial charge in [-0.25, -0.2) is 0 Å². The van der Waals surface area contributed by atoms with E-state index in [2.05, 4.69) is 22.8 Å². The summed E-state index contributed by atoms with van der Waals surface area (Å²) < 4.78 is 0. The van der Waals surface area contributed by atoms with Crippen LogP contribution in [0, 0.1) is 0 Å². The van der Waals surface area contributed by atoms with Crippen molar-refractivity contribution in [3.8, 4) is 0 Å². The van der Waals surface area contributed by atoms with Crippen LogP contribution in [0.5, 0.6) is 0 Å². The average molecular weight is 250 g/mol. The summed E-state index contributed by atoms with van der Waals surface area (Å²) in [6, 6.07) is 0. The SMILES string of the molecule is C[As](C)[As](C)C.[KH]. The van der Waals surface area contributed by atoms with Crippen LogP contribution in [0.15, 0.2) is 0 Å². The van der Waals surface area contributed by atoms with E-state index in [1.807, 2.05) is 0 Å². The number of rotatable bonds is 1. The van der Waals surface area contributed by atoms with Gasteiger partial charge in [0, 0.05) is 0 Å². The van der Waals surface area contributed by atoms with Crippen LogP contribution < -0.4 is 0 Å². The first-order valence-electron chi connectivity index (χ1n) is 1.99. The Morgan fingerprint density at radius 1 is 0.714 bits per heavy atom. The molecule has 0 rings (SSSR count). The molecule has 0 saturated heterocycles. The zero-order valence-electron chi connectivity index (χ0n) is 4.89. The molecule has 0 N–H and O–H groups in total. The van der Waals surface area contributed by atoms with E-state index < -0.39 is 0 Å². The normalized spacial score (nSPS) is 9.43. The third kappa shape index (κ3) is 8.75. The molecule has 7 heavy (non-hydrogen) atoms. The van der Waals surface area contributed by atoms with Crippen molar-refractivity contribution < 1.29 is 0 Å². The van der Waals surface area contributed by atoms with Gasteiger partial charge in [0.25, 0.3) is 0 Å². The van der Waals surface area contributed by atoms with Gasteiger partial charge in [-0.1, -0.05) is 0 Å². The Bertz CT molecular complexity index is 30.7. The second-order valence-corrected chi connectivity index (χ2v) is 26.2. The van der Waals surface area contributed by atoms with Crippen molar-refractivity contribution in [1.82, 2.24) is 0 Å². The molecular weight excluding hydrogens is 237 g/mol. The van der Waals surface area contributed by atoms with E-state index in [1.54, 1.807) is 0 Å². The second kappa shape index (κ2) is 6.87. The molecule has 0 aliphatic carbocycles. The van der Waals surface area contributed by atoms with Crippen molar-refractivity contribution in [2.75, 3.05) is 0 Å². The zero-order chi connectivity index (χ0) is 5.15. The van der Waals surface area contributed by atoms with Gasteiger partial charge in [-0.15, -0.1) is 0 Å². The minimum absolute atomic E-state index is 0. The monoisotopic (exact) mass is 250 g/mol. The van der Waals surface area contributed by atoms with Crippen LogP contribution in [-0.2, 0) is 0 Å². The van der Waals surface area contributed by atoms with E-state index in [9.17, 15) is 0 Å². The molecule has 0 spiro atoms. The molecule has 0 aliphatic rings. The summed E-state index contributed by atoms with van der Waals surface area (Å²) in [6.45, 7) is 0. The van der Waals surface area contributed by atoms with Crippen molar-refractivity contribution in [3.05, 3.63) is 0 Å². The van der Waals surface area contributed by atoms with Gasteiger partial charge in [-0.3, -0.25) is 0 Å². The van der Waals surface area contributed by atoms with E-state index in [0.717, 1.165) is 0 Å². The van der Waals surface area contributed by atoms with E-state index in [4.69, 9.17) is 0 Å². The van der Waals surface area contributed by atoms with Crippen molar-refractivity contribution in [1.29, 1.82) is 0 Å². The summed E-state index contributed by atoms with van der Waals surface area (Å²) >= 11 is -0.306. The van der Waals surface area contributed by atoms with Crippen LogP contribution >= 0.6 is 0 Å². The summed E-state index contributed by atoms with van der Waals surface area (Å²) in [5.74, 6) is 0. The molecule has 0 atom stereocenters. The van der Waals surface area contributed by atoms with E-state index in [-0.39, 0.29) is 76.6 Å². The molecule has 0 saturated carbocycles. The molecule has 0 aromatic carbocycles. The van der Waals surface area contributed by atoms with Crippen LogP contribution in [0.2, 0.25) is 22.8 Å². The fourth-order valence-corrected chi connectivity index (χ4v) is 0. The first-order valence-corrected chi connectivity index (χ1v) is 14.7. The molecule has 0 radical (unpaired) electrons. The summed E-state index contributed by atoms with van der Waals surface area (Å²) in [5.41, 5.74) is 9.81. The molecular formula is C4H13As2K. The minimum atomic E-state index is -0.153. The van der Waals surface area contributed by atoms with Gasteiger partial charge in [0.2, 0.25) is 0 Å². The Balaban J connectivity index is 0. The molecule has 3 heteroatoms. The fourth-order valence-electron chi connectivity index (χ4n) is 0. The third-order valence-electron chi connectivity index (χ3n) is 0.800. The summed E-state index contributed by atoms with van der Waals surface area (Å²) in [7, 11) is 0. The fraction of sp³-hybridized carbons (Fsp3) is 1.00. The molecule has 0 aliphatic heterocycles. The molecule has 0 amide bonds. The first kappa shape index (κ1) is 12.4. The van der Waals surface area contributed by atoms with Gasteiger partial charge in [0.05, 0.1) is 0 Å². The quantitative estimate of drug-likeness (QED) is 0.607. The average Bonchev–Trinajstić information content (AvgIpc) is 1.36. The Morgan fingerprint density at radius 3 is 0.857 bits per heavy atom. The maximum absolute atomic E-state index is 2.45. The summed E-state index contributed by atoms with van der Waals surface area (Å²) in [5, 5.41) is 0. The van der Waals surface area contributed by atoms with Crippen molar-refractivity contribution >= 4 is 76.6 Å². The summed E-state index contributed by atoms with van der Waals surface area (Å²) in [4.78, 5) is 0. The van der Waals surface area contributed by atoms with Gasteiger partial charge in [0.1, 0.15) is 0 Å².